The van der Waals surface area contributed by atoms with E-state index >= 15 is 0 Å². The summed E-state index contributed by atoms with van der Waals surface area (Å²) in [4.78, 5) is 63.2. The van der Waals surface area contributed by atoms with Crippen molar-refractivity contribution in [3.8, 4) is 0 Å². The molecule has 2 aromatic rings. The largest absolute Gasteiger partial charge is 0.477 e. The highest BCUT2D eigenvalue weighted by Gasteiger charge is 2.54. The fourth-order valence-corrected chi connectivity index (χ4v) is 5.49. The number of carbonyl (C=O) groups excluding carboxylic acids is 4. The van der Waals surface area contributed by atoms with Crippen molar-refractivity contribution in [2.24, 2.45) is 0 Å². The van der Waals surface area contributed by atoms with Crippen LogP contribution in [-0.4, -0.2) is 63.4 Å². The molecule has 0 aliphatic carbocycles. The van der Waals surface area contributed by atoms with Crippen LogP contribution in [0.2, 0.25) is 0 Å². The number of carbonyl (C=O) groups is 5. The second-order valence-corrected chi connectivity index (χ2v) is 9.61. The number of hydrogen-bond acceptors (Lipinski definition) is 7. The van der Waals surface area contributed by atoms with Gasteiger partial charge in [-0.1, -0.05) is 60.7 Å². The molecule has 2 heterocycles. The average Bonchev–Trinajstić information content (AvgIpc) is 2.89. The van der Waals surface area contributed by atoms with E-state index in [1.54, 1.807) is 30.3 Å². The van der Waals surface area contributed by atoms with E-state index in [9.17, 15) is 29.1 Å². The van der Waals surface area contributed by atoms with Crippen molar-refractivity contribution in [2.75, 3.05) is 12.4 Å². The molecule has 10 nitrogen and oxygen atoms in total. The predicted octanol–water partition coefficient (Wildman–Crippen LogP) is 1.39. The van der Waals surface area contributed by atoms with Crippen molar-refractivity contribution in [3.63, 3.8) is 0 Å². The van der Waals surface area contributed by atoms with E-state index in [1.165, 1.54) is 18.7 Å². The molecule has 192 valence electrons. The molecule has 1 fully saturated rings. The van der Waals surface area contributed by atoms with Crippen molar-refractivity contribution < 1.29 is 33.8 Å². The lowest BCUT2D eigenvalue weighted by molar-refractivity contribution is -0.151. The molecule has 37 heavy (non-hydrogen) atoms. The van der Waals surface area contributed by atoms with E-state index in [2.05, 4.69) is 10.6 Å². The van der Waals surface area contributed by atoms with Crippen LogP contribution < -0.4 is 10.6 Å². The lowest BCUT2D eigenvalue weighted by Crippen LogP contribution is -2.71. The molecule has 0 spiro atoms. The lowest BCUT2D eigenvalue weighted by Gasteiger charge is -2.49. The zero-order valence-corrected chi connectivity index (χ0v) is 20.7. The fourth-order valence-electron chi connectivity index (χ4n) is 4.16. The highest BCUT2D eigenvalue weighted by atomic mass is 32.2. The number of carboxylic acids is 1. The van der Waals surface area contributed by atoms with Gasteiger partial charge in [0, 0.05) is 18.2 Å². The van der Waals surface area contributed by atoms with Gasteiger partial charge in [-0.2, -0.15) is 0 Å². The number of hydrogen-bond donors (Lipinski definition) is 3. The minimum absolute atomic E-state index is 0.0734. The Kier molecular flexibility index (Phi) is 7.92. The first-order valence-corrected chi connectivity index (χ1v) is 12.5. The number of rotatable bonds is 9. The van der Waals surface area contributed by atoms with Crippen LogP contribution in [0.25, 0.3) is 0 Å². The summed E-state index contributed by atoms with van der Waals surface area (Å²) in [6.45, 7) is 0.975. The minimum Gasteiger partial charge on any atom is -0.477 e. The average molecular weight is 524 g/mol. The topological polar surface area (TPSA) is 142 Å². The van der Waals surface area contributed by atoms with Gasteiger partial charge in [-0.15, -0.1) is 11.8 Å². The number of nitrogens with zero attached hydrogens (tertiary/aromatic N) is 1. The first kappa shape index (κ1) is 26.0. The van der Waals surface area contributed by atoms with Crippen molar-refractivity contribution in [1.29, 1.82) is 0 Å². The van der Waals surface area contributed by atoms with E-state index in [0.717, 1.165) is 10.5 Å². The smallest absolute Gasteiger partial charge is 0.352 e. The van der Waals surface area contributed by atoms with Gasteiger partial charge >= 0.3 is 11.9 Å². The Morgan fingerprint density at radius 1 is 1.08 bits per heavy atom. The summed E-state index contributed by atoms with van der Waals surface area (Å²) in [5.74, 6) is -3.21. The zero-order valence-electron chi connectivity index (χ0n) is 19.9. The fraction of sp³-hybridized carbons (Fsp3) is 0.269. The normalized spacial score (nSPS) is 19.3. The summed E-state index contributed by atoms with van der Waals surface area (Å²) in [5.41, 5.74) is 1.39. The molecular formula is C26H25N3O7S. The number of benzene rings is 2. The molecule has 1 saturated heterocycles. The van der Waals surface area contributed by atoms with Gasteiger partial charge in [0.25, 0.3) is 5.91 Å². The van der Waals surface area contributed by atoms with Crippen LogP contribution >= 0.6 is 11.8 Å². The van der Waals surface area contributed by atoms with Gasteiger partial charge in [0.1, 0.15) is 29.8 Å². The highest BCUT2D eigenvalue weighted by molar-refractivity contribution is 8.00. The van der Waals surface area contributed by atoms with Gasteiger partial charge in [-0.3, -0.25) is 24.1 Å². The van der Waals surface area contributed by atoms with Crippen LogP contribution in [0.1, 0.15) is 24.1 Å². The third-order valence-corrected chi connectivity index (χ3v) is 7.24. The van der Waals surface area contributed by atoms with E-state index in [-0.39, 0.29) is 30.4 Å². The second kappa shape index (κ2) is 11.3. The van der Waals surface area contributed by atoms with Crippen LogP contribution in [0, 0.1) is 0 Å². The van der Waals surface area contributed by atoms with Crippen LogP contribution in [0.5, 0.6) is 0 Å². The molecule has 0 bridgehead atoms. The third kappa shape index (κ3) is 5.83. The Morgan fingerprint density at radius 3 is 2.35 bits per heavy atom. The summed E-state index contributed by atoms with van der Waals surface area (Å²) < 4.78 is 4.93. The number of nitrogens with one attached hydrogen (secondary N) is 2. The van der Waals surface area contributed by atoms with E-state index in [1.807, 2.05) is 30.3 Å². The Morgan fingerprint density at radius 2 is 1.73 bits per heavy atom. The van der Waals surface area contributed by atoms with Gasteiger partial charge in [-0.25, -0.2) is 4.79 Å². The maximum atomic E-state index is 13.3. The van der Waals surface area contributed by atoms with Crippen molar-refractivity contribution in [1.82, 2.24) is 15.5 Å². The summed E-state index contributed by atoms with van der Waals surface area (Å²) in [6.07, 6.45) is 0.0734. The molecule has 4 rings (SSSR count). The SMILES string of the molecule is CC(=O)OCC1=C(C(=O)O)N2C(=O)[C@@H](NC(=O)[C@@H](NC(=O)Cc3ccccc3)c3ccccc3)[C@H]2SC1. The molecule has 2 aliphatic heterocycles. The van der Waals surface area contributed by atoms with Crippen molar-refractivity contribution >= 4 is 41.4 Å². The molecule has 3 atom stereocenters. The van der Waals surface area contributed by atoms with Gasteiger partial charge in [-0.05, 0) is 11.1 Å². The maximum absolute atomic E-state index is 13.3. The lowest BCUT2D eigenvalue weighted by atomic mass is 10.0. The number of ether oxygens (including phenoxy) is 1. The van der Waals surface area contributed by atoms with E-state index in [4.69, 9.17) is 4.74 Å². The quantitative estimate of drug-likeness (QED) is 0.331. The standard InChI is InChI=1S/C26H25N3O7S/c1-15(30)36-13-18-14-37-25-21(24(33)29(25)22(18)26(34)35)28-23(32)20(17-10-6-3-7-11-17)27-19(31)12-16-8-4-2-5-9-16/h2-11,20-21,25H,12-14H2,1H3,(H,27,31)(H,28,32)(H,34,35)/t20-,21+,25+/m0/s1. The number of thioether (sulfide) groups is 1. The Balaban J connectivity index is 1.49. The number of fused-ring (bicyclic) bond motifs is 1. The molecule has 2 aromatic carbocycles. The first-order valence-electron chi connectivity index (χ1n) is 11.5. The number of β-lactam (4-membered cyclic amide) rings is 1. The number of esters is 1. The maximum Gasteiger partial charge on any atom is 0.352 e. The van der Waals surface area contributed by atoms with Crippen molar-refractivity contribution in [3.05, 3.63) is 83.1 Å². The summed E-state index contributed by atoms with van der Waals surface area (Å²) in [7, 11) is 0. The summed E-state index contributed by atoms with van der Waals surface area (Å²) in [5, 5.41) is 14.5. The van der Waals surface area contributed by atoms with Crippen LogP contribution in [0.4, 0.5) is 0 Å². The monoisotopic (exact) mass is 523 g/mol. The number of carboxylic acid groups (broad SMARTS) is 1. The summed E-state index contributed by atoms with van der Waals surface area (Å²) >= 11 is 1.26. The van der Waals surface area contributed by atoms with E-state index < -0.39 is 41.2 Å². The second-order valence-electron chi connectivity index (χ2n) is 8.51. The molecule has 3 N–H and O–H groups in total. The number of amides is 3. The van der Waals surface area contributed by atoms with Gasteiger partial charge in [0.05, 0.1) is 6.42 Å². The molecule has 3 amide bonds. The van der Waals surface area contributed by atoms with Gasteiger partial charge < -0.3 is 20.5 Å². The van der Waals surface area contributed by atoms with Crippen LogP contribution in [0.15, 0.2) is 71.9 Å². The van der Waals surface area contributed by atoms with Crippen LogP contribution in [-0.2, 0) is 35.1 Å². The van der Waals surface area contributed by atoms with Gasteiger partial charge in [0.2, 0.25) is 11.8 Å². The minimum atomic E-state index is -1.32. The Hall–Kier alpha value is -4.12. The molecular weight excluding hydrogens is 498 g/mol. The molecule has 0 unspecified atom stereocenters. The van der Waals surface area contributed by atoms with Crippen LogP contribution in [0.3, 0.4) is 0 Å². The van der Waals surface area contributed by atoms with Crippen molar-refractivity contribution in [2.45, 2.75) is 30.8 Å². The summed E-state index contributed by atoms with van der Waals surface area (Å²) in [6, 6.07) is 15.7. The molecule has 0 radical (unpaired) electrons. The molecule has 11 heteroatoms. The molecule has 2 aliphatic rings. The highest BCUT2D eigenvalue weighted by Crippen LogP contribution is 2.40. The van der Waals surface area contributed by atoms with E-state index in [0.29, 0.717) is 11.1 Å². The first-order chi connectivity index (χ1) is 17.8. The molecule has 0 saturated carbocycles. The Labute approximate surface area is 217 Å². The zero-order chi connectivity index (χ0) is 26.5. The Bertz CT molecular complexity index is 1250. The third-order valence-electron chi connectivity index (χ3n) is 5.91. The predicted molar refractivity (Wildman–Crippen MR) is 134 cm³/mol. The number of aliphatic carboxylic acids is 1. The van der Waals surface area contributed by atoms with Gasteiger partial charge in [0.15, 0.2) is 0 Å². The molecule has 0 aromatic heterocycles.